The number of aliphatic hydroxyl groups is 4. The molecule has 0 unspecified atom stereocenters. The highest BCUT2D eigenvalue weighted by molar-refractivity contribution is 5.72. The predicted molar refractivity (Wildman–Crippen MR) is 46.0 cm³/mol. The SMILES string of the molecule is O=C(O)[C@@H]1C[C@H](O)[C@H](O)[C@H]([C@@H](O)CO)O1. The van der Waals surface area contributed by atoms with Crippen molar-refractivity contribution in [2.24, 2.45) is 0 Å². The van der Waals surface area contributed by atoms with Gasteiger partial charge < -0.3 is 30.3 Å². The minimum absolute atomic E-state index is 0.245. The molecule has 5 atom stereocenters. The molecule has 0 spiro atoms. The van der Waals surface area contributed by atoms with Gasteiger partial charge in [0.15, 0.2) is 6.10 Å². The summed E-state index contributed by atoms with van der Waals surface area (Å²) in [7, 11) is 0. The predicted octanol–water partition coefficient (Wildman–Crippen LogP) is -2.70. The Labute approximate surface area is 85.5 Å². The first kappa shape index (κ1) is 12.3. The second kappa shape index (κ2) is 4.86. The largest absolute Gasteiger partial charge is 0.479 e. The fraction of sp³-hybridized carbons (Fsp3) is 0.875. The summed E-state index contributed by atoms with van der Waals surface area (Å²) >= 11 is 0. The Kier molecular flexibility index (Phi) is 4.00. The van der Waals surface area contributed by atoms with E-state index in [2.05, 4.69) is 0 Å². The van der Waals surface area contributed by atoms with Crippen LogP contribution in [0.1, 0.15) is 6.42 Å². The van der Waals surface area contributed by atoms with Gasteiger partial charge in [0.05, 0.1) is 12.7 Å². The van der Waals surface area contributed by atoms with E-state index in [0.29, 0.717) is 0 Å². The number of hydrogen-bond donors (Lipinski definition) is 5. The van der Waals surface area contributed by atoms with Gasteiger partial charge in [-0.05, 0) is 0 Å². The lowest BCUT2D eigenvalue weighted by Gasteiger charge is -2.37. The zero-order valence-electron chi connectivity index (χ0n) is 7.85. The minimum Gasteiger partial charge on any atom is -0.479 e. The van der Waals surface area contributed by atoms with Gasteiger partial charge in [-0.25, -0.2) is 4.79 Å². The number of hydrogen-bond acceptors (Lipinski definition) is 6. The molecule has 0 amide bonds. The van der Waals surface area contributed by atoms with Gasteiger partial charge in [-0.1, -0.05) is 0 Å². The molecule has 5 N–H and O–H groups in total. The lowest BCUT2D eigenvalue weighted by atomic mass is 9.95. The molecule has 0 aliphatic carbocycles. The normalized spacial score (nSPS) is 38.7. The first-order valence-corrected chi connectivity index (χ1v) is 4.50. The molecule has 1 aliphatic heterocycles. The quantitative estimate of drug-likeness (QED) is 0.351. The Morgan fingerprint density at radius 1 is 1.47 bits per heavy atom. The van der Waals surface area contributed by atoms with Gasteiger partial charge in [0.1, 0.15) is 18.3 Å². The molecule has 0 aromatic carbocycles. The van der Waals surface area contributed by atoms with Crippen LogP contribution in [0.25, 0.3) is 0 Å². The number of carboxylic acid groups (broad SMARTS) is 1. The van der Waals surface area contributed by atoms with Gasteiger partial charge in [0.25, 0.3) is 0 Å². The standard InChI is InChI=1S/C8H14O7/c9-2-4(11)7-6(12)3(10)1-5(15-7)8(13)14/h3-7,9-12H,1-2H2,(H,13,14)/t3-,4-,5-,6-,7-/m0/s1. The molecule has 0 radical (unpaired) electrons. The number of aliphatic carboxylic acids is 1. The molecule has 7 heteroatoms. The fourth-order valence-corrected chi connectivity index (χ4v) is 1.48. The number of ether oxygens (including phenoxy) is 1. The van der Waals surface area contributed by atoms with Gasteiger partial charge in [0, 0.05) is 6.42 Å². The Morgan fingerprint density at radius 3 is 2.53 bits per heavy atom. The van der Waals surface area contributed by atoms with Crippen molar-refractivity contribution in [2.45, 2.75) is 36.9 Å². The van der Waals surface area contributed by atoms with Crippen molar-refractivity contribution in [1.29, 1.82) is 0 Å². The Bertz CT molecular complexity index is 231. The van der Waals surface area contributed by atoms with E-state index in [-0.39, 0.29) is 6.42 Å². The molecule has 1 saturated heterocycles. The second-order valence-electron chi connectivity index (χ2n) is 3.47. The molecule has 15 heavy (non-hydrogen) atoms. The van der Waals surface area contributed by atoms with Gasteiger partial charge in [-0.2, -0.15) is 0 Å². The lowest BCUT2D eigenvalue weighted by molar-refractivity contribution is -0.212. The highest BCUT2D eigenvalue weighted by Gasteiger charge is 2.42. The Morgan fingerprint density at radius 2 is 2.07 bits per heavy atom. The van der Waals surface area contributed by atoms with Gasteiger partial charge >= 0.3 is 5.97 Å². The first-order valence-electron chi connectivity index (χ1n) is 4.50. The summed E-state index contributed by atoms with van der Waals surface area (Å²) in [5, 5.41) is 45.3. The number of carbonyl (C=O) groups is 1. The number of aliphatic hydroxyl groups excluding tert-OH is 4. The average molecular weight is 222 g/mol. The van der Waals surface area contributed by atoms with Crippen LogP contribution >= 0.6 is 0 Å². The highest BCUT2D eigenvalue weighted by atomic mass is 16.6. The third-order valence-corrected chi connectivity index (χ3v) is 2.35. The van der Waals surface area contributed by atoms with E-state index >= 15 is 0 Å². The smallest absolute Gasteiger partial charge is 0.332 e. The van der Waals surface area contributed by atoms with E-state index in [4.69, 9.17) is 14.9 Å². The van der Waals surface area contributed by atoms with Crippen molar-refractivity contribution in [3.8, 4) is 0 Å². The van der Waals surface area contributed by atoms with Crippen LogP contribution in [0.4, 0.5) is 0 Å². The molecule has 0 bridgehead atoms. The molecule has 1 rings (SSSR count). The van der Waals surface area contributed by atoms with Crippen LogP contribution in [0, 0.1) is 0 Å². The van der Waals surface area contributed by atoms with Crippen LogP contribution in [0.2, 0.25) is 0 Å². The Hall–Kier alpha value is -0.730. The summed E-state index contributed by atoms with van der Waals surface area (Å²) in [4.78, 5) is 10.6. The van der Waals surface area contributed by atoms with Crippen LogP contribution in [-0.2, 0) is 9.53 Å². The van der Waals surface area contributed by atoms with Crippen molar-refractivity contribution in [3.63, 3.8) is 0 Å². The lowest BCUT2D eigenvalue weighted by Crippen LogP contribution is -2.55. The average Bonchev–Trinajstić information content (AvgIpc) is 2.20. The van der Waals surface area contributed by atoms with E-state index < -0.39 is 43.1 Å². The minimum atomic E-state index is -1.42. The van der Waals surface area contributed by atoms with Crippen LogP contribution in [-0.4, -0.2) is 68.6 Å². The summed E-state index contributed by atoms with van der Waals surface area (Å²) in [5.41, 5.74) is 0. The van der Waals surface area contributed by atoms with Gasteiger partial charge in [-0.15, -0.1) is 0 Å². The maximum atomic E-state index is 10.6. The van der Waals surface area contributed by atoms with E-state index in [1.54, 1.807) is 0 Å². The fourth-order valence-electron chi connectivity index (χ4n) is 1.48. The third-order valence-electron chi connectivity index (χ3n) is 2.35. The van der Waals surface area contributed by atoms with Crippen molar-refractivity contribution in [1.82, 2.24) is 0 Å². The van der Waals surface area contributed by atoms with Crippen molar-refractivity contribution >= 4 is 5.97 Å². The molecule has 88 valence electrons. The molecule has 0 aromatic rings. The molecule has 1 aliphatic rings. The van der Waals surface area contributed by atoms with Crippen LogP contribution < -0.4 is 0 Å². The topological polar surface area (TPSA) is 127 Å². The number of carboxylic acids is 1. The summed E-state index contributed by atoms with van der Waals surface area (Å²) in [6.07, 6.45) is -6.93. The van der Waals surface area contributed by atoms with Crippen molar-refractivity contribution in [3.05, 3.63) is 0 Å². The highest BCUT2D eigenvalue weighted by Crippen LogP contribution is 2.22. The zero-order valence-corrected chi connectivity index (χ0v) is 7.85. The monoisotopic (exact) mass is 222 g/mol. The molecule has 7 nitrogen and oxygen atoms in total. The van der Waals surface area contributed by atoms with Crippen molar-refractivity contribution in [2.75, 3.05) is 6.61 Å². The van der Waals surface area contributed by atoms with Gasteiger partial charge in [-0.3, -0.25) is 0 Å². The molecule has 0 aromatic heterocycles. The zero-order chi connectivity index (χ0) is 11.6. The summed E-state index contributed by atoms with van der Waals surface area (Å²) in [6.45, 7) is -0.680. The summed E-state index contributed by atoms with van der Waals surface area (Å²) < 4.78 is 4.86. The van der Waals surface area contributed by atoms with Gasteiger partial charge in [0.2, 0.25) is 0 Å². The van der Waals surface area contributed by atoms with Crippen LogP contribution in [0.15, 0.2) is 0 Å². The maximum absolute atomic E-state index is 10.6. The van der Waals surface area contributed by atoms with Crippen LogP contribution in [0.3, 0.4) is 0 Å². The summed E-state index contributed by atoms with van der Waals surface area (Å²) in [5.74, 6) is -1.28. The van der Waals surface area contributed by atoms with E-state index in [1.165, 1.54) is 0 Å². The first-order chi connectivity index (χ1) is 6.97. The molecule has 1 fully saturated rings. The van der Waals surface area contributed by atoms with E-state index in [9.17, 15) is 20.1 Å². The molecule has 0 saturated carbocycles. The van der Waals surface area contributed by atoms with E-state index in [0.717, 1.165) is 0 Å². The molecule has 1 heterocycles. The Balaban J connectivity index is 2.72. The molecular formula is C8H14O7. The van der Waals surface area contributed by atoms with E-state index in [1.807, 2.05) is 0 Å². The third kappa shape index (κ3) is 2.64. The number of rotatable bonds is 3. The van der Waals surface area contributed by atoms with Crippen LogP contribution in [0.5, 0.6) is 0 Å². The molecular weight excluding hydrogens is 208 g/mol. The summed E-state index contributed by atoms with van der Waals surface area (Å²) in [6, 6.07) is 0. The maximum Gasteiger partial charge on any atom is 0.332 e. The second-order valence-corrected chi connectivity index (χ2v) is 3.47. The van der Waals surface area contributed by atoms with Crippen molar-refractivity contribution < 1.29 is 35.1 Å².